The lowest BCUT2D eigenvalue weighted by Gasteiger charge is -2.16. The van der Waals surface area contributed by atoms with Crippen LogP contribution in [0.5, 0.6) is 0 Å². The molecular formula is C12H20N2O3. The van der Waals surface area contributed by atoms with Crippen molar-refractivity contribution in [1.82, 2.24) is 10.2 Å². The molecule has 17 heavy (non-hydrogen) atoms. The fourth-order valence-electron chi connectivity index (χ4n) is 2.10. The summed E-state index contributed by atoms with van der Waals surface area (Å²) in [5.74, 6) is 0.0476. The van der Waals surface area contributed by atoms with Gasteiger partial charge in [0.15, 0.2) is 0 Å². The first-order chi connectivity index (χ1) is 7.95. The van der Waals surface area contributed by atoms with Gasteiger partial charge >= 0.3 is 5.97 Å². The van der Waals surface area contributed by atoms with Crippen molar-refractivity contribution >= 4 is 5.97 Å². The molecule has 0 radical (unpaired) electrons. The number of carbonyl (C=O) groups excluding carboxylic acids is 1. The zero-order valence-electron chi connectivity index (χ0n) is 10.8. The van der Waals surface area contributed by atoms with Crippen LogP contribution in [-0.4, -0.2) is 23.3 Å². The molecule has 96 valence electrons. The maximum Gasteiger partial charge on any atom is 0.306 e. The second-order valence-electron chi connectivity index (χ2n) is 4.72. The van der Waals surface area contributed by atoms with Crippen LogP contribution in [-0.2, 0) is 9.53 Å². The second kappa shape index (κ2) is 5.70. The van der Waals surface area contributed by atoms with Crippen LogP contribution in [0.1, 0.15) is 43.9 Å². The summed E-state index contributed by atoms with van der Waals surface area (Å²) in [6, 6.07) is 0. The molecule has 1 aromatic rings. The van der Waals surface area contributed by atoms with Crippen molar-refractivity contribution in [3.63, 3.8) is 0 Å². The minimum atomic E-state index is -0.282. The SMILES string of the molecule is COC(=O)CC(CC(C)C)c1c(C)[nH][nH]c1=O. The maximum atomic E-state index is 11.7. The van der Waals surface area contributed by atoms with Crippen LogP contribution in [0.25, 0.3) is 0 Å². The van der Waals surface area contributed by atoms with Crippen molar-refractivity contribution in [2.24, 2.45) is 5.92 Å². The number of ether oxygens (including phenoxy) is 1. The average molecular weight is 240 g/mol. The van der Waals surface area contributed by atoms with Crippen LogP contribution >= 0.6 is 0 Å². The van der Waals surface area contributed by atoms with Gasteiger partial charge in [-0.1, -0.05) is 13.8 Å². The molecular weight excluding hydrogens is 220 g/mol. The van der Waals surface area contributed by atoms with E-state index in [0.29, 0.717) is 11.5 Å². The number of carbonyl (C=O) groups is 1. The predicted octanol–water partition coefficient (Wildman–Crippen LogP) is 1.70. The first-order valence-electron chi connectivity index (χ1n) is 5.79. The molecule has 1 aromatic heterocycles. The highest BCUT2D eigenvalue weighted by Gasteiger charge is 2.23. The Hall–Kier alpha value is -1.52. The fraction of sp³-hybridized carbons (Fsp3) is 0.667. The number of nitrogens with one attached hydrogen (secondary N) is 2. The number of H-pyrrole nitrogens is 2. The minimum Gasteiger partial charge on any atom is -0.469 e. The lowest BCUT2D eigenvalue weighted by atomic mass is 9.88. The average Bonchev–Trinajstić information content (AvgIpc) is 2.56. The number of aryl methyl sites for hydroxylation is 1. The molecule has 0 spiro atoms. The number of rotatable bonds is 5. The van der Waals surface area contributed by atoms with E-state index in [1.165, 1.54) is 7.11 Å². The smallest absolute Gasteiger partial charge is 0.306 e. The minimum absolute atomic E-state index is 0.0857. The highest BCUT2D eigenvalue weighted by molar-refractivity contribution is 5.70. The highest BCUT2D eigenvalue weighted by Crippen LogP contribution is 2.26. The molecule has 0 amide bonds. The van der Waals surface area contributed by atoms with E-state index in [-0.39, 0.29) is 23.9 Å². The van der Waals surface area contributed by atoms with Crippen LogP contribution in [0.3, 0.4) is 0 Å². The molecule has 0 saturated heterocycles. The molecule has 1 heterocycles. The third-order valence-electron chi connectivity index (χ3n) is 2.82. The van der Waals surface area contributed by atoms with Gasteiger partial charge < -0.3 is 9.84 Å². The van der Waals surface area contributed by atoms with Gasteiger partial charge in [-0.15, -0.1) is 0 Å². The van der Waals surface area contributed by atoms with Crippen molar-refractivity contribution < 1.29 is 9.53 Å². The van der Waals surface area contributed by atoms with Gasteiger partial charge in [-0.05, 0) is 19.3 Å². The number of hydrogen-bond acceptors (Lipinski definition) is 3. The Morgan fingerprint density at radius 1 is 1.35 bits per heavy atom. The first-order valence-corrected chi connectivity index (χ1v) is 5.79. The van der Waals surface area contributed by atoms with E-state index in [1.807, 2.05) is 6.92 Å². The Morgan fingerprint density at radius 3 is 2.41 bits per heavy atom. The molecule has 0 aliphatic rings. The van der Waals surface area contributed by atoms with Gasteiger partial charge in [-0.25, -0.2) is 0 Å². The van der Waals surface area contributed by atoms with E-state index in [0.717, 1.165) is 12.1 Å². The molecule has 0 aliphatic carbocycles. The van der Waals surface area contributed by atoms with Crippen molar-refractivity contribution in [3.05, 3.63) is 21.6 Å². The van der Waals surface area contributed by atoms with Crippen LogP contribution in [0.15, 0.2) is 4.79 Å². The number of aromatic nitrogens is 2. The van der Waals surface area contributed by atoms with Crippen molar-refractivity contribution in [2.45, 2.75) is 39.5 Å². The van der Waals surface area contributed by atoms with E-state index in [1.54, 1.807) is 0 Å². The predicted molar refractivity (Wildman–Crippen MR) is 65.0 cm³/mol. The molecule has 0 aliphatic heterocycles. The van der Waals surface area contributed by atoms with Gasteiger partial charge in [0.05, 0.1) is 13.5 Å². The molecule has 5 heteroatoms. The molecule has 0 fully saturated rings. The molecule has 0 aromatic carbocycles. The Morgan fingerprint density at radius 2 is 2.00 bits per heavy atom. The molecule has 1 atom stereocenters. The van der Waals surface area contributed by atoms with E-state index in [9.17, 15) is 9.59 Å². The summed E-state index contributed by atoms with van der Waals surface area (Å²) >= 11 is 0. The van der Waals surface area contributed by atoms with Crippen LogP contribution in [0, 0.1) is 12.8 Å². The third kappa shape index (κ3) is 3.47. The summed E-state index contributed by atoms with van der Waals surface area (Å²) < 4.78 is 4.68. The van der Waals surface area contributed by atoms with E-state index in [2.05, 4.69) is 28.8 Å². The van der Waals surface area contributed by atoms with Crippen molar-refractivity contribution in [3.8, 4) is 0 Å². The number of methoxy groups -OCH3 is 1. The van der Waals surface area contributed by atoms with Crippen molar-refractivity contribution in [2.75, 3.05) is 7.11 Å². The molecule has 1 unspecified atom stereocenters. The van der Waals surface area contributed by atoms with Gasteiger partial charge in [-0.3, -0.25) is 14.7 Å². The van der Waals surface area contributed by atoms with Crippen LogP contribution < -0.4 is 5.56 Å². The largest absolute Gasteiger partial charge is 0.469 e. The van der Waals surface area contributed by atoms with Crippen molar-refractivity contribution in [1.29, 1.82) is 0 Å². The second-order valence-corrected chi connectivity index (χ2v) is 4.72. The summed E-state index contributed by atoms with van der Waals surface area (Å²) in [7, 11) is 1.36. The normalized spacial score (nSPS) is 12.8. The quantitative estimate of drug-likeness (QED) is 0.769. The molecule has 1 rings (SSSR count). The van der Waals surface area contributed by atoms with E-state index < -0.39 is 0 Å². The number of hydrogen-bond donors (Lipinski definition) is 2. The summed E-state index contributed by atoms with van der Waals surface area (Å²) in [6.07, 6.45) is 1.04. The summed E-state index contributed by atoms with van der Waals surface area (Å²) in [5, 5.41) is 5.34. The van der Waals surface area contributed by atoms with Gasteiger partial charge in [0, 0.05) is 17.2 Å². The molecule has 5 nitrogen and oxygen atoms in total. The van der Waals surface area contributed by atoms with Gasteiger partial charge in [0.25, 0.3) is 5.56 Å². The Kier molecular flexibility index (Phi) is 4.54. The van der Waals surface area contributed by atoms with E-state index >= 15 is 0 Å². The lowest BCUT2D eigenvalue weighted by molar-refractivity contribution is -0.141. The lowest BCUT2D eigenvalue weighted by Crippen LogP contribution is -2.17. The topological polar surface area (TPSA) is 75.0 Å². The van der Waals surface area contributed by atoms with Gasteiger partial charge in [0.1, 0.15) is 0 Å². The number of esters is 1. The Balaban J connectivity index is 2.97. The summed E-state index contributed by atoms with van der Waals surface area (Å²) in [5.41, 5.74) is 1.32. The van der Waals surface area contributed by atoms with Gasteiger partial charge in [0.2, 0.25) is 0 Å². The molecule has 0 saturated carbocycles. The fourth-order valence-corrected chi connectivity index (χ4v) is 2.10. The van der Waals surface area contributed by atoms with Crippen LogP contribution in [0.2, 0.25) is 0 Å². The summed E-state index contributed by atoms with van der Waals surface area (Å²) in [4.78, 5) is 23.1. The maximum absolute atomic E-state index is 11.7. The van der Waals surface area contributed by atoms with Gasteiger partial charge in [-0.2, -0.15) is 0 Å². The zero-order valence-corrected chi connectivity index (χ0v) is 10.8. The third-order valence-corrected chi connectivity index (χ3v) is 2.82. The number of aromatic amines is 2. The molecule has 2 N–H and O–H groups in total. The van der Waals surface area contributed by atoms with E-state index in [4.69, 9.17) is 0 Å². The van der Waals surface area contributed by atoms with Crippen LogP contribution in [0.4, 0.5) is 0 Å². The Bertz CT molecular complexity index is 431. The standard InChI is InChI=1S/C12H20N2O3/c1-7(2)5-9(6-10(15)17-4)11-8(3)13-14-12(11)16/h7,9H,5-6H2,1-4H3,(H2,13,14,16). The highest BCUT2D eigenvalue weighted by atomic mass is 16.5. The summed E-state index contributed by atoms with van der Waals surface area (Å²) in [6.45, 7) is 5.97. The first kappa shape index (κ1) is 13.5. The molecule has 0 bridgehead atoms. The Labute approximate surface area is 101 Å². The zero-order chi connectivity index (χ0) is 13.0. The monoisotopic (exact) mass is 240 g/mol.